The Labute approximate surface area is 146 Å². The highest BCUT2D eigenvalue weighted by molar-refractivity contribution is 7.12. The molecule has 0 saturated carbocycles. The van der Waals surface area contributed by atoms with Crippen LogP contribution in [0.3, 0.4) is 0 Å². The largest absolute Gasteiger partial charge is 0.375 e. The normalized spacial score (nSPS) is 17.9. The van der Waals surface area contributed by atoms with Crippen molar-refractivity contribution >= 4 is 17.2 Å². The summed E-state index contributed by atoms with van der Waals surface area (Å²) >= 11 is 1.70. The Bertz CT molecular complexity index is 701. The summed E-state index contributed by atoms with van der Waals surface area (Å²) in [4.78, 5) is 25.2. The van der Waals surface area contributed by atoms with Crippen molar-refractivity contribution in [1.82, 2.24) is 14.9 Å². The van der Waals surface area contributed by atoms with Crippen LogP contribution in [0, 0.1) is 13.8 Å². The third-order valence-corrected chi connectivity index (χ3v) is 5.20. The van der Waals surface area contributed by atoms with Crippen molar-refractivity contribution in [3.8, 4) is 0 Å². The van der Waals surface area contributed by atoms with E-state index in [-0.39, 0.29) is 12.0 Å². The number of ether oxygens (including phenoxy) is 1. The topological polar surface area (TPSA) is 55.3 Å². The van der Waals surface area contributed by atoms with Gasteiger partial charge >= 0.3 is 0 Å². The molecule has 1 atom stereocenters. The maximum absolute atomic E-state index is 12.5. The smallest absolute Gasteiger partial charge is 0.227 e. The molecule has 0 aromatic carbocycles. The molecule has 3 rings (SSSR count). The first-order chi connectivity index (χ1) is 11.6. The number of hydrogen-bond acceptors (Lipinski definition) is 5. The van der Waals surface area contributed by atoms with Crippen molar-refractivity contribution < 1.29 is 9.53 Å². The molecule has 6 heteroatoms. The molecule has 1 saturated heterocycles. The zero-order chi connectivity index (χ0) is 16.9. The first-order valence-electron chi connectivity index (χ1n) is 8.32. The molecule has 0 aliphatic carbocycles. The van der Waals surface area contributed by atoms with Crippen LogP contribution in [0.15, 0.2) is 24.5 Å². The second-order valence-corrected chi connectivity index (χ2v) is 7.58. The lowest BCUT2D eigenvalue weighted by molar-refractivity contribution is -0.138. The molecule has 2 aromatic rings. The Balaban J connectivity index is 1.51. The van der Waals surface area contributed by atoms with Crippen molar-refractivity contribution in [3.63, 3.8) is 0 Å². The van der Waals surface area contributed by atoms with Gasteiger partial charge in [-0.3, -0.25) is 4.79 Å². The standard InChI is InChI=1S/C18H23N3O2S/c1-13-9-15(20-12-19-13)4-5-16-11-21(7-8-23-16)18(22)10-17-6-3-14(2)24-17/h3,6,9,12,16H,4-5,7-8,10-11H2,1-2H3. The number of morpholine rings is 1. The highest BCUT2D eigenvalue weighted by Gasteiger charge is 2.24. The van der Waals surface area contributed by atoms with E-state index < -0.39 is 0 Å². The van der Waals surface area contributed by atoms with Crippen molar-refractivity contribution in [2.75, 3.05) is 19.7 Å². The Morgan fingerprint density at radius 1 is 1.38 bits per heavy atom. The van der Waals surface area contributed by atoms with Gasteiger partial charge in [0.15, 0.2) is 0 Å². The molecule has 1 amide bonds. The van der Waals surface area contributed by atoms with E-state index in [1.165, 1.54) is 4.88 Å². The molecule has 1 aliphatic heterocycles. The maximum atomic E-state index is 12.5. The van der Waals surface area contributed by atoms with Gasteiger partial charge in [0.1, 0.15) is 6.33 Å². The summed E-state index contributed by atoms with van der Waals surface area (Å²) in [6.07, 6.45) is 3.91. The SMILES string of the molecule is Cc1cc(CCC2CN(C(=O)Cc3ccc(C)s3)CCO2)ncn1. The number of hydrogen-bond donors (Lipinski definition) is 0. The summed E-state index contributed by atoms with van der Waals surface area (Å²) in [5.74, 6) is 0.197. The third kappa shape index (κ3) is 4.61. The summed E-state index contributed by atoms with van der Waals surface area (Å²) in [5, 5.41) is 0. The number of nitrogens with zero attached hydrogens (tertiary/aromatic N) is 3. The van der Waals surface area contributed by atoms with Crippen LogP contribution in [0.2, 0.25) is 0 Å². The van der Waals surface area contributed by atoms with Crippen LogP contribution in [0.4, 0.5) is 0 Å². The summed E-state index contributed by atoms with van der Waals surface area (Å²) < 4.78 is 5.83. The molecule has 1 unspecified atom stereocenters. The second kappa shape index (κ2) is 7.85. The first kappa shape index (κ1) is 17.0. The molecular formula is C18H23N3O2S. The molecule has 0 N–H and O–H groups in total. The lowest BCUT2D eigenvalue weighted by atomic mass is 10.1. The number of thiophene rings is 1. The number of rotatable bonds is 5. The number of aryl methyl sites for hydroxylation is 3. The lowest BCUT2D eigenvalue weighted by Crippen LogP contribution is -2.46. The van der Waals surface area contributed by atoms with Gasteiger partial charge in [-0.1, -0.05) is 0 Å². The molecular weight excluding hydrogens is 322 g/mol. The second-order valence-electron chi connectivity index (χ2n) is 6.21. The summed E-state index contributed by atoms with van der Waals surface area (Å²) in [6, 6.07) is 6.12. The van der Waals surface area contributed by atoms with Gasteiger partial charge < -0.3 is 9.64 Å². The van der Waals surface area contributed by atoms with E-state index >= 15 is 0 Å². The molecule has 0 bridgehead atoms. The molecule has 3 heterocycles. The van der Waals surface area contributed by atoms with Gasteiger partial charge in [-0.2, -0.15) is 0 Å². The fourth-order valence-electron chi connectivity index (χ4n) is 2.92. The van der Waals surface area contributed by atoms with E-state index in [2.05, 4.69) is 23.0 Å². The first-order valence-corrected chi connectivity index (χ1v) is 9.14. The molecule has 0 radical (unpaired) electrons. The van der Waals surface area contributed by atoms with Gasteiger partial charge in [0.05, 0.1) is 19.1 Å². The van der Waals surface area contributed by atoms with Crippen LogP contribution >= 0.6 is 11.3 Å². The van der Waals surface area contributed by atoms with Gasteiger partial charge in [0.25, 0.3) is 0 Å². The van der Waals surface area contributed by atoms with E-state index in [1.54, 1.807) is 17.7 Å². The molecule has 24 heavy (non-hydrogen) atoms. The zero-order valence-electron chi connectivity index (χ0n) is 14.2. The van der Waals surface area contributed by atoms with Crippen LogP contribution in [-0.2, 0) is 22.4 Å². The van der Waals surface area contributed by atoms with Crippen LogP contribution < -0.4 is 0 Å². The molecule has 5 nitrogen and oxygen atoms in total. The zero-order valence-corrected chi connectivity index (χ0v) is 15.0. The molecule has 1 fully saturated rings. The number of amides is 1. The molecule has 0 spiro atoms. The maximum Gasteiger partial charge on any atom is 0.227 e. The van der Waals surface area contributed by atoms with Gasteiger partial charge in [-0.15, -0.1) is 11.3 Å². The molecule has 128 valence electrons. The van der Waals surface area contributed by atoms with E-state index in [0.29, 0.717) is 26.1 Å². The minimum absolute atomic E-state index is 0.0862. The van der Waals surface area contributed by atoms with Crippen LogP contribution in [0.5, 0.6) is 0 Å². The van der Waals surface area contributed by atoms with Gasteiger partial charge in [-0.25, -0.2) is 9.97 Å². The fraction of sp³-hybridized carbons (Fsp3) is 0.500. The van der Waals surface area contributed by atoms with Crippen LogP contribution in [0.1, 0.15) is 27.6 Å². The Kier molecular flexibility index (Phi) is 5.58. The molecule has 1 aliphatic rings. The highest BCUT2D eigenvalue weighted by Crippen LogP contribution is 2.18. The Morgan fingerprint density at radius 2 is 2.25 bits per heavy atom. The summed E-state index contributed by atoms with van der Waals surface area (Å²) in [6.45, 7) is 6.01. The Morgan fingerprint density at radius 3 is 3.00 bits per heavy atom. The van der Waals surface area contributed by atoms with Crippen molar-refractivity contribution in [1.29, 1.82) is 0 Å². The minimum Gasteiger partial charge on any atom is -0.375 e. The van der Waals surface area contributed by atoms with E-state index in [0.717, 1.165) is 29.1 Å². The predicted molar refractivity (Wildman–Crippen MR) is 94.2 cm³/mol. The van der Waals surface area contributed by atoms with E-state index in [9.17, 15) is 4.79 Å². The minimum atomic E-state index is 0.0862. The van der Waals surface area contributed by atoms with Gasteiger partial charge in [-0.05, 0) is 44.9 Å². The monoisotopic (exact) mass is 345 g/mol. The fourth-order valence-corrected chi connectivity index (χ4v) is 3.80. The number of carbonyl (C=O) groups is 1. The van der Waals surface area contributed by atoms with Crippen molar-refractivity contribution in [2.45, 2.75) is 39.2 Å². The predicted octanol–water partition coefficient (Wildman–Crippen LogP) is 2.56. The van der Waals surface area contributed by atoms with E-state index in [1.807, 2.05) is 24.0 Å². The van der Waals surface area contributed by atoms with Gasteiger partial charge in [0, 0.05) is 34.2 Å². The van der Waals surface area contributed by atoms with Crippen LogP contribution in [-0.4, -0.2) is 46.6 Å². The highest BCUT2D eigenvalue weighted by atomic mass is 32.1. The van der Waals surface area contributed by atoms with Crippen molar-refractivity contribution in [2.24, 2.45) is 0 Å². The number of carbonyl (C=O) groups excluding carboxylic acids is 1. The average molecular weight is 345 g/mol. The van der Waals surface area contributed by atoms with E-state index in [4.69, 9.17) is 4.74 Å². The quantitative estimate of drug-likeness (QED) is 0.836. The molecule has 2 aromatic heterocycles. The summed E-state index contributed by atoms with van der Waals surface area (Å²) in [7, 11) is 0. The third-order valence-electron chi connectivity index (χ3n) is 4.20. The Hall–Kier alpha value is -1.79. The number of aromatic nitrogens is 2. The average Bonchev–Trinajstić information content (AvgIpc) is 2.98. The van der Waals surface area contributed by atoms with Crippen molar-refractivity contribution in [3.05, 3.63) is 45.7 Å². The lowest BCUT2D eigenvalue weighted by Gasteiger charge is -2.33. The summed E-state index contributed by atoms with van der Waals surface area (Å²) in [5.41, 5.74) is 2.01. The van der Waals surface area contributed by atoms with Crippen LogP contribution in [0.25, 0.3) is 0 Å². The van der Waals surface area contributed by atoms with Gasteiger partial charge in [0.2, 0.25) is 5.91 Å².